The number of carbonyl (C=O) groups excluding carboxylic acids is 1. The molecule has 0 radical (unpaired) electrons. The normalized spacial score (nSPS) is 10.5. The first kappa shape index (κ1) is 13.3. The molecule has 0 saturated carbocycles. The number of pyridine rings is 1. The van der Waals surface area contributed by atoms with Crippen molar-refractivity contribution in [2.24, 2.45) is 0 Å². The molecule has 19 heavy (non-hydrogen) atoms. The number of nitrogens with zero attached hydrogens (tertiary/aromatic N) is 1. The van der Waals surface area contributed by atoms with Crippen LogP contribution in [0.2, 0.25) is 0 Å². The molecule has 1 aromatic heterocycles. The largest absolute Gasteiger partial charge is 0.348 e. The summed E-state index contributed by atoms with van der Waals surface area (Å²) in [7, 11) is 0. The number of hydrogen-bond acceptors (Lipinski definition) is 2. The highest BCUT2D eigenvalue weighted by atomic mass is 16.1. The predicted molar refractivity (Wildman–Crippen MR) is 75.9 cm³/mol. The Bertz CT molecular complexity index is 550. The first-order valence-corrected chi connectivity index (χ1v) is 6.44. The quantitative estimate of drug-likeness (QED) is 0.910. The molecule has 2 rings (SSSR count). The molecule has 98 valence electrons. The fraction of sp³-hybridized carbons (Fsp3) is 0.250. The molecular formula is C16H18N2O. The Labute approximate surface area is 113 Å². The van der Waals surface area contributed by atoms with Crippen LogP contribution in [0.25, 0.3) is 0 Å². The summed E-state index contributed by atoms with van der Waals surface area (Å²) >= 11 is 0. The van der Waals surface area contributed by atoms with Gasteiger partial charge in [0.2, 0.25) is 0 Å². The van der Waals surface area contributed by atoms with Gasteiger partial charge in [-0.3, -0.25) is 9.78 Å². The maximum absolute atomic E-state index is 11.9. The standard InChI is InChI=1S/C16H18N2O/c1-12(2)14-6-3-5-13(9-14)10-18-16(19)15-7-4-8-17-11-15/h3-9,11-12H,10H2,1-2H3,(H,18,19). The lowest BCUT2D eigenvalue weighted by atomic mass is 10.0. The average molecular weight is 254 g/mol. The van der Waals surface area contributed by atoms with Crippen LogP contribution in [0.5, 0.6) is 0 Å². The van der Waals surface area contributed by atoms with Crippen molar-refractivity contribution >= 4 is 5.91 Å². The van der Waals surface area contributed by atoms with Crippen LogP contribution in [-0.2, 0) is 6.54 Å². The molecule has 2 aromatic rings. The van der Waals surface area contributed by atoms with Crippen LogP contribution in [0.3, 0.4) is 0 Å². The lowest BCUT2D eigenvalue weighted by molar-refractivity contribution is 0.0950. The monoisotopic (exact) mass is 254 g/mol. The third-order valence-corrected chi connectivity index (χ3v) is 2.99. The molecule has 0 fully saturated rings. The molecule has 0 bridgehead atoms. The van der Waals surface area contributed by atoms with Crippen molar-refractivity contribution in [2.45, 2.75) is 26.3 Å². The van der Waals surface area contributed by atoms with Gasteiger partial charge in [0.1, 0.15) is 0 Å². The Balaban J connectivity index is 1.99. The second kappa shape index (κ2) is 6.14. The maximum Gasteiger partial charge on any atom is 0.253 e. The number of aromatic nitrogens is 1. The Kier molecular flexibility index (Phi) is 4.29. The van der Waals surface area contributed by atoms with Gasteiger partial charge in [-0.2, -0.15) is 0 Å². The summed E-state index contributed by atoms with van der Waals surface area (Å²) in [6, 6.07) is 11.8. The zero-order chi connectivity index (χ0) is 13.7. The summed E-state index contributed by atoms with van der Waals surface area (Å²) in [5.41, 5.74) is 2.99. The highest BCUT2D eigenvalue weighted by Crippen LogP contribution is 2.15. The number of benzene rings is 1. The average Bonchev–Trinajstić information content (AvgIpc) is 2.46. The van der Waals surface area contributed by atoms with E-state index >= 15 is 0 Å². The van der Waals surface area contributed by atoms with Gasteiger partial charge in [0.15, 0.2) is 0 Å². The van der Waals surface area contributed by atoms with Crippen LogP contribution in [0.15, 0.2) is 48.8 Å². The lowest BCUT2D eigenvalue weighted by Crippen LogP contribution is -2.22. The van der Waals surface area contributed by atoms with Gasteiger partial charge in [0.25, 0.3) is 5.91 Å². The maximum atomic E-state index is 11.9. The summed E-state index contributed by atoms with van der Waals surface area (Å²) < 4.78 is 0. The Morgan fingerprint density at radius 3 is 2.79 bits per heavy atom. The minimum Gasteiger partial charge on any atom is -0.348 e. The van der Waals surface area contributed by atoms with Gasteiger partial charge in [-0.15, -0.1) is 0 Å². The molecular weight excluding hydrogens is 236 g/mol. The van der Waals surface area contributed by atoms with Crippen LogP contribution in [0.1, 0.15) is 41.3 Å². The number of carbonyl (C=O) groups is 1. The van der Waals surface area contributed by atoms with Gasteiger partial charge in [-0.25, -0.2) is 0 Å². The van der Waals surface area contributed by atoms with Gasteiger partial charge in [0, 0.05) is 18.9 Å². The van der Waals surface area contributed by atoms with Crippen LogP contribution in [-0.4, -0.2) is 10.9 Å². The topological polar surface area (TPSA) is 42.0 Å². The summed E-state index contributed by atoms with van der Waals surface area (Å²) in [6.45, 7) is 4.86. The number of rotatable bonds is 4. The molecule has 0 aliphatic heterocycles. The lowest BCUT2D eigenvalue weighted by Gasteiger charge is -2.09. The number of nitrogens with one attached hydrogen (secondary N) is 1. The van der Waals surface area contributed by atoms with Crippen molar-refractivity contribution in [3.63, 3.8) is 0 Å². The van der Waals surface area contributed by atoms with E-state index in [-0.39, 0.29) is 5.91 Å². The zero-order valence-corrected chi connectivity index (χ0v) is 11.3. The molecule has 3 nitrogen and oxygen atoms in total. The smallest absolute Gasteiger partial charge is 0.253 e. The molecule has 0 unspecified atom stereocenters. The minimum absolute atomic E-state index is 0.0944. The Hall–Kier alpha value is -2.16. The molecule has 0 aliphatic carbocycles. The van der Waals surface area contributed by atoms with E-state index in [0.717, 1.165) is 5.56 Å². The molecule has 1 aromatic carbocycles. The van der Waals surface area contributed by atoms with Crippen molar-refractivity contribution < 1.29 is 4.79 Å². The predicted octanol–water partition coefficient (Wildman–Crippen LogP) is 3.14. The van der Waals surface area contributed by atoms with Crippen molar-refractivity contribution in [1.29, 1.82) is 0 Å². The van der Waals surface area contributed by atoms with E-state index in [9.17, 15) is 4.79 Å². The molecule has 3 heteroatoms. The second-order valence-corrected chi connectivity index (χ2v) is 4.82. The van der Waals surface area contributed by atoms with Crippen molar-refractivity contribution in [3.8, 4) is 0 Å². The van der Waals surface area contributed by atoms with Crippen molar-refractivity contribution in [2.75, 3.05) is 0 Å². The SMILES string of the molecule is CC(C)c1cccc(CNC(=O)c2cccnc2)c1. The first-order valence-electron chi connectivity index (χ1n) is 6.44. The molecule has 1 N–H and O–H groups in total. The minimum atomic E-state index is -0.0944. The molecule has 0 aliphatic rings. The highest BCUT2D eigenvalue weighted by Gasteiger charge is 2.05. The first-order chi connectivity index (χ1) is 9.16. The fourth-order valence-electron chi connectivity index (χ4n) is 1.84. The van der Waals surface area contributed by atoms with Crippen LogP contribution >= 0.6 is 0 Å². The van der Waals surface area contributed by atoms with Crippen LogP contribution < -0.4 is 5.32 Å². The van der Waals surface area contributed by atoms with Gasteiger partial charge in [-0.1, -0.05) is 38.1 Å². The third-order valence-electron chi connectivity index (χ3n) is 2.99. The second-order valence-electron chi connectivity index (χ2n) is 4.82. The van der Waals surface area contributed by atoms with Gasteiger partial charge in [-0.05, 0) is 29.2 Å². The summed E-state index contributed by atoms with van der Waals surface area (Å²) in [4.78, 5) is 15.8. The number of amides is 1. The van der Waals surface area contributed by atoms with E-state index in [2.05, 4.69) is 36.3 Å². The van der Waals surface area contributed by atoms with E-state index in [1.54, 1.807) is 24.5 Å². The molecule has 0 spiro atoms. The van der Waals surface area contributed by atoms with Crippen molar-refractivity contribution in [3.05, 3.63) is 65.5 Å². The summed E-state index contributed by atoms with van der Waals surface area (Å²) in [6.07, 6.45) is 3.22. The van der Waals surface area contributed by atoms with Gasteiger partial charge in [0.05, 0.1) is 5.56 Å². The van der Waals surface area contributed by atoms with Gasteiger partial charge >= 0.3 is 0 Å². The number of hydrogen-bond donors (Lipinski definition) is 1. The third kappa shape index (κ3) is 3.65. The van der Waals surface area contributed by atoms with E-state index in [0.29, 0.717) is 18.0 Å². The van der Waals surface area contributed by atoms with E-state index in [4.69, 9.17) is 0 Å². The Morgan fingerprint density at radius 1 is 1.26 bits per heavy atom. The van der Waals surface area contributed by atoms with E-state index in [1.165, 1.54) is 5.56 Å². The van der Waals surface area contributed by atoms with E-state index < -0.39 is 0 Å². The van der Waals surface area contributed by atoms with Crippen LogP contribution in [0.4, 0.5) is 0 Å². The zero-order valence-electron chi connectivity index (χ0n) is 11.3. The molecule has 1 heterocycles. The van der Waals surface area contributed by atoms with E-state index in [1.807, 2.05) is 12.1 Å². The van der Waals surface area contributed by atoms with Crippen molar-refractivity contribution in [1.82, 2.24) is 10.3 Å². The molecule has 1 amide bonds. The van der Waals surface area contributed by atoms with Crippen LogP contribution in [0, 0.1) is 0 Å². The fourth-order valence-corrected chi connectivity index (χ4v) is 1.84. The molecule has 0 saturated heterocycles. The van der Waals surface area contributed by atoms with Gasteiger partial charge < -0.3 is 5.32 Å². The summed E-state index contributed by atoms with van der Waals surface area (Å²) in [5, 5.41) is 2.90. The molecule has 0 atom stereocenters. The Morgan fingerprint density at radius 2 is 2.11 bits per heavy atom. The highest BCUT2D eigenvalue weighted by molar-refractivity contribution is 5.93. The summed E-state index contributed by atoms with van der Waals surface area (Å²) in [5.74, 6) is 0.400.